The number of hydrogen-bond donors (Lipinski definition) is 1. The molecule has 0 saturated carbocycles. The minimum atomic E-state index is 0.137. The molecule has 0 bridgehead atoms. The second kappa shape index (κ2) is 4.92. The zero-order chi connectivity index (χ0) is 12.4. The van der Waals surface area contributed by atoms with Gasteiger partial charge in [0.05, 0.1) is 0 Å². The van der Waals surface area contributed by atoms with E-state index in [1.807, 2.05) is 11.6 Å². The molecular weight excluding hydrogens is 214 g/mol. The lowest BCUT2D eigenvalue weighted by Crippen LogP contribution is -2.25. The molecule has 1 amide bonds. The molecule has 0 saturated heterocycles. The van der Waals surface area contributed by atoms with Gasteiger partial charge in [0, 0.05) is 32.5 Å². The highest BCUT2D eigenvalue weighted by atomic mass is 16.2. The summed E-state index contributed by atoms with van der Waals surface area (Å²) in [7, 11) is 5.59. The van der Waals surface area contributed by atoms with Crippen LogP contribution in [0.4, 0.5) is 0 Å². The summed E-state index contributed by atoms with van der Waals surface area (Å²) < 4.78 is 2.02. The second-order valence-corrected chi connectivity index (χ2v) is 4.93. The molecular formula is C13H21N3O. The van der Waals surface area contributed by atoms with Crippen LogP contribution < -0.4 is 5.32 Å². The van der Waals surface area contributed by atoms with Crippen LogP contribution in [0.5, 0.6) is 0 Å². The van der Waals surface area contributed by atoms with E-state index < -0.39 is 0 Å². The molecule has 1 aliphatic rings. The van der Waals surface area contributed by atoms with Crippen LogP contribution in [0, 0.1) is 0 Å². The van der Waals surface area contributed by atoms with E-state index in [0.717, 1.165) is 6.42 Å². The number of carbonyl (C=O) groups excluding carboxylic acids is 1. The van der Waals surface area contributed by atoms with E-state index in [2.05, 4.69) is 17.7 Å². The molecule has 0 aromatic carbocycles. The molecule has 1 aliphatic carbocycles. The van der Waals surface area contributed by atoms with Crippen molar-refractivity contribution in [3.63, 3.8) is 0 Å². The molecule has 4 nitrogen and oxygen atoms in total. The van der Waals surface area contributed by atoms with Crippen LogP contribution in [0.1, 0.15) is 30.0 Å². The van der Waals surface area contributed by atoms with Crippen molar-refractivity contribution in [2.75, 3.05) is 21.1 Å². The zero-order valence-corrected chi connectivity index (χ0v) is 10.9. The Labute approximate surface area is 103 Å². The third-order valence-electron chi connectivity index (χ3n) is 3.48. The normalized spacial score (nSPS) is 18.9. The number of likely N-dealkylation sites (N-methyl/N-ethyl adjacent to an activating group) is 1. The maximum atomic E-state index is 11.7. The average molecular weight is 235 g/mol. The van der Waals surface area contributed by atoms with E-state index in [4.69, 9.17) is 0 Å². The van der Waals surface area contributed by atoms with Gasteiger partial charge in [-0.1, -0.05) is 0 Å². The number of nitrogens with one attached hydrogen (secondary N) is 1. The van der Waals surface area contributed by atoms with Gasteiger partial charge in [0.25, 0.3) is 0 Å². The fourth-order valence-corrected chi connectivity index (χ4v) is 2.44. The smallest absolute Gasteiger partial charge is 0.241 e. The van der Waals surface area contributed by atoms with E-state index >= 15 is 0 Å². The molecule has 0 aliphatic heterocycles. The molecule has 1 aromatic rings. The molecule has 4 heteroatoms. The number of aryl methyl sites for hydroxylation is 1. The summed E-state index contributed by atoms with van der Waals surface area (Å²) in [6.45, 7) is 0.441. The number of nitrogens with zero attached hydrogens (tertiary/aromatic N) is 2. The summed E-state index contributed by atoms with van der Waals surface area (Å²) >= 11 is 0. The first-order valence-electron chi connectivity index (χ1n) is 6.17. The molecule has 0 radical (unpaired) electrons. The Balaban J connectivity index is 2.16. The van der Waals surface area contributed by atoms with E-state index in [0.29, 0.717) is 12.6 Å². The summed E-state index contributed by atoms with van der Waals surface area (Å²) in [5, 5.41) is 3.34. The van der Waals surface area contributed by atoms with Gasteiger partial charge in [-0.05, 0) is 37.4 Å². The van der Waals surface area contributed by atoms with Crippen molar-refractivity contribution in [2.45, 2.75) is 31.8 Å². The van der Waals surface area contributed by atoms with Gasteiger partial charge in [0.1, 0.15) is 6.54 Å². The van der Waals surface area contributed by atoms with Crippen LogP contribution in [-0.4, -0.2) is 36.5 Å². The lowest BCUT2D eigenvalue weighted by atomic mass is 9.91. The van der Waals surface area contributed by atoms with Crippen molar-refractivity contribution in [1.29, 1.82) is 0 Å². The van der Waals surface area contributed by atoms with Crippen molar-refractivity contribution in [1.82, 2.24) is 14.8 Å². The van der Waals surface area contributed by atoms with Crippen molar-refractivity contribution in [2.24, 2.45) is 0 Å². The Kier molecular flexibility index (Phi) is 3.52. The first-order valence-corrected chi connectivity index (χ1v) is 6.17. The molecule has 0 fully saturated rings. The molecule has 1 atom stereocenters. The highest BCUT2D eigenvalue weighted by Crippen LogP contribution is 2.30. The Morgan fingerprint density at radius 3 is 2.94 bits per heavy atom. The number of aromatic nitrogens is 1. The standard InChI is InChI=1S/C13H21N3O/c1-14-12-6-4-5-10-7-16(8-11(10)12)9-13(17)15(2)3/h7-8,12,14H,4-6,9H2,1-3H3. The lowest BCUT2D eigenvalue weighted by Gasteiger charge is -2.21. The quantitative estimate of drug-likeness (QED) is 0.854. The van der Waals surface area contributed by atoms with Gasteiger partial charge < -0.3 is 14.8 Å². The van der Waals surface area contributed by atoms with Gasteiger partial charge in [-0.3, -0.25) is 4.79 Å². The zero-order valence-electron chi connectivity index (χ0n) is 10.9. The Morgan fingerprint density at radius 2 is 2.29 bits per heavy atom. The fraction of sp³-hybridized carbons (Fsp3) is 0.615. The molecule has 17 heavy (non-hydrogen) atoms. The van der Waals surface area contributed by atoms with E-state index in [1.54, 1.807) is 19.0 Å². The number of carbonyl (C=O) groups is 1. The molecule has 1 unspecified atom stereocenters. The third kappa shape index (κ3) is 2.52. The van der Waals surface area contributed by atoms with Crippen molar-refractivity contribution in [3.05, 3.63) is 23.5 Å². The van der Waals surface area contributed by atoms with Gasteiger partial charge in [-0.2, -0.15) is 0 Å². The summed E-state index contributed by atoms with van der Waals surface area (Å²) in [4.78, 5) is 13.3. The monoisotopic (exact) mass is 235 g/mol. The summed E-state index contributed by atoms with van der Waals surface area (Å²) in [6, 6.07) is 0.453. The van der Waals surface area contributed by atoms with Gasteiger partial charge in [-0.15, -0.1) is 0 Å². The maximum Gasteiger partial charge on any atom is 0.241 e. The second-order valence-electron chi connectivity index (χ2n) is 4.93. The number of fused-ring (bicyclic) bond motifs is 1. The summed E-state index contributed by atoms with van der Waals surface area (Å²) in [5.41, 5.74) is 2.76. The summed E-state index contributed by atoms with van der Waals surface area (Å²) in [5.74, 6) is 0.137. The van der Waals surface area contributed by atoms with E-state index in [9.17, 15) is 4.79 Å². The predicted octanol–water partition coefficient (Wildman–Crippen LogP) is 1.17. The van der Waals surface area contributed by atoms with Crippen LogP contribution >= 0.6 is 0 Å². The third-order valence-corrected chi connectivity index (χ3v) is 3.48. The van der Waals surface area contributed by atoms with Crippen LogP contribution in [-0.2, 0) is 17.8 Å². The van der Waals surface area contributed by atoms with Gasteiger partial charge in [0.15, 0.2) is 0 Å². The molecule has 94 valence electrons. The lowest BCUT2D eigenvalue weighted by molar-refractivity contribution is -0.129. The first-order chi connectivity index (χ1) is 8.11. The van der Waals surface area contributed by atoms with Crippen LogP contribution in [0.2, 0.25) is 0 Å². The Morgan fingerprint density at radius 1 is 1.53 bits per heavy atom. The fourth-order valence-electron chi connectivity index (χ4n) is 2.44. The van der Waals surface area contributed by atoms with E-state index in [1.165, 1.54) is 24.0 Å². The SMILES string of the molecule is CNC1CCCc2cn(CC(=O)N(C)C)cc21. The number of amides is 1. The number of rotatable bonds is 3. The van der Waals surface area contributed by atoms with Crippen LogP contribution in [0.25, 0.3) is 0 Å². The van der Waals surface area contributed by atoms with Gasteiger partial charge in [0.2, 0.25) is 5.91 Å². The minimum Gasteiger partial charge on any atom is -0.347 e. The van der Waals surface area contributed by atoms with Gasteiger partial charge in [-0.25, -0.2) is 0 Å². The largest absolute Gasteiger partial charge is 0.347 e. The summed E-state index contributed by atoms with van der Waals surface area (Å²) in [6.07, 6.45) is 7.80. The van der Waals surface area contributed by atoms with E-state index in [-0.39, 0.29) is 5.91 Å². The van der Waals surface area contributed by atoms with Crippen molar-refractivity contribution >= 4 is 5.91 Å². The van der Waals surface area contributed by atoms with Crippen LogP contribution in [0.3, 0.4) is 0 Å². The topological polar surface area (TPSA) is 37.3 Å². The first kappa shape index (κ1) is 12.2. The van der Waals surface area contributed by atoms with Gasteiger partial charge >= 0.3 is 0 Å². The average Bonchev–Trinajstić information content (AvgIpc) is 2.70. The molecule has 1 aromatic heterocycles. The maximum absolute atomic E-state index is 11.7. The molecule has 1 heterocycles. The Hall–Kier alpha value is -1.29. The van der Waals surface area contributed by atoms with Crippen molar-refractivity contribution in [3.8, 4) is 0 Å². The Bertz CT molecular complexity index is 409. The molecule has 2 rings (SSSR count). The predicted molar refractivity (Wildman–Crippen MR) is 67.9 cm³/mol. The molecule has 1 N–H and O–H groups in total. The van der Waals surface area contributed by atoms with Crippen molar-refractivity contribution < 1.29 is 4.79 Å². The highest BCUT2D eigenvalue weighted by molar-refractivity contribution is 5.75. The minimum absolute atomic E-state index is 0.137. The van der Waals surface area contributed by atoms with Crippen LogP contribution in [0.15, 0.2) is 12.4 Å². The molecule has 0 spiro atoms. The highest BCUT2D eigenvalue weighted by Gasteiger charge is 2.21. The number of hydrogen-bond acceptors (Lipinski definition) is 2.